The van der Waals surface area contributed by atoms with Crippen molar-refractivity contribution in [3.63, 3.8) is 0 Å². The minimum atomic E-state index is -1.22. The van der Waals surface area contributed by atoms with Gasteiger partial charge in [-0.15, -0.1) is 0 Å². The van der Waals surface area contributed by atoms with E-state index < -0.39 is 31.1 Å². The van der Waals surface area contributed by atoms with Crippen LogP contribution in [-0.2, 0) is 4.74 Å². The van der Waals surface area contributed by atoms with Crippen LogP contribution in [0.3, 0.4) is 0 Å². The lowest BCUT2D eigenvalue weighted by molar-refractivity contribution is -0.0509. The van der Waals surface area contributed by atoms with Crippen LogP contribution in [0, 0.1) is 0 Å². The molecule has 21 heavy (non-hydrogen) atoms. The topological polar surface area (TPSA) is 153 Å². The molecule has 3 rings (SSSR count). The summed E-state index contributed by atoms with van der Waals surface area (Å²) in [5.74, 6) is 0.175. The van der Waals surface area contributed by atoms with Crippen molar-refractivity contribution in [2.75, 3.05) is 18.1 Å². The van der Waals surface area contributed by atoms with E-state index in [4.69, 9.17) is 21.3 Å². The quantitative estimate of drug-likeness (QED) is 0.456. The van der Waals surface area contributed by atoms with E-state index in [9.17, 15) is 10.2 Å². The zero-order chi connectivity index (χ0) is 15.3. The molecule has 0 aromatic carbocycles. The van der Waals surface area contributed by atoms with Crippen LogP contribution in [0.25, 0.3) is 11.0 Å². The van der Waals surface area contributed by atoms with Gasteiger partial charge in [-0.25, -0.2) is 0 Å². The molecule has 0 aliphatic carbocycles. The molecule has 0 saturated carbocycles. The second-order valence-corrected chi connectivity index (χ2v) is 5.63. The second-order valence-electron chi connectivity index (χ2n) is 4.78. The average Bonchev–Trinajstić information content (AvgIpc) is 2.89. The fourth-order valence-electron chi connectivity index (χ4n) is 2.45. The maximum Gasteiger partial charge on any atom is 0.223 e. The molecule has 0 bridgehead atoms. The van der Waals surface area contributed by atoms with Crippen molar-refractivity contribution < 1.29 is 20.1 Å². The summed E-state index contributed by atoms with van der Waals surface area (Å²) >= 11 is 3.34. The largest absolute Gasteiger partial charge is 0.394 e. The molecule has 3 heterocycles. The number of hydrogen-bond donors (Lipinski definition) is 5. The van der Waals surface area contributed by atoms with Crippen LogP contribution >= 0.6 is 15.9 Å². The van der Waals surface area contributed by atoms with Gasteiger partial charge in [-0.05, 0) is 15.9 Å². The van der Waals surface area contributed by atoms with Gasteiger partial charge in [0.1, 0.15) is 24.1 Å². The molecule has 0 unspecified atom stereocenters. The van der Waals surface area contributed by atoms with Crippen LogP contribution in [0.2, 0.25) is 0 Å². The summed E-state index contributed by atoms with van der Waals surface area (Å²) < 4.78 is 7.57. The molecule has 7 N–H and O–H groups in total. The lowest BCUT2D eigenvalue weighted by atomic mass is 10.1. The van der Waals surface area contributed by atoms with Crippen LogP contribution in [0.1, 0.15) is 6.23 Å². The van der Waals surface area contributed by atoms with Gasteiger partial charge < -0.3 is 36.1 Å². The number of anilines is 2. The molecule has 1 saturated heterocycles. The first kappa shape index (κ1) is 14.5. The summed E-state index contributed by atoms with van der Waals surface area (Å²) in [7, 11) is 0. The first-order valence-corrected chi connectivity index (χ1v) is 6.94. The Bertz CT molecular complexity index is 693. The van der Waals surface area contributed by atoms with Gasteiger partial charge >= 0.3 is 0 Å². The molecule has 4 atom stereocenters. The summed E-state index contributed by atoms with van der Waals surface area (Å²) in [6.45, 7) is -0.408. The van der Waals surface area contributed by atoms with E-state index in [1.165, 1.54) is 4.57 Å². The number of halogens is 1. The summed E-state index contributed by atoms with van der Waals surface area (Å²) in [4.78, 5) is 7.97. The molecule has 0 amide bonds. The maximum atomic E-state index is 10.1. The molecule has 1 aliphatic rings. The number of aliphatic hydroxyl groups excluding tert-OH is 3. The van der Waals surface area contributed by atoms with Crippen LogP contribution in [0.5, 0.6) is 0 Å². The minimum Gasteiger partial charge on any atom is -0.394 e. The van der Waals surface area contributed by atoms with E-state index in [2.05, 4.69) is 25.9 Å². The smallest absolute Gasteiger partial charge is 0.223 e. The van der Waals surface area contributed by atoms with E-state index in [0.717, 1.165) is 0 Å². The SMILES string of the molecule is Nc1nc(N)c2c(Br)cn([C@H]3O[C@@H](CO)[C@H](O)[C@@H]3O)c2n1. The number of nitrogens with zero attached hydrogens (tertiary/aromatic N) is 3. The Morgan fingerprint density at radius 3 is 2.62 bits per heavy atom. The normalized spacial score (nSPS) is 29.3. The number of aromatic nitrogens is 3. The van der Waals surface area contributed by atoms with Gasteiger partial charge in [0, 0.05) is 10.7 Å². The van der Waals surface area contributed by atoms with Gasteiger partial charge in [-0.3, -0.25) is 0 Å². The Hall–Kier alpha value is -1.46. The highest BCUT2D eigenvalue weighted by molar-refractivity contribution is 9.10. The lowest BCUT2D eigenvalue weighted by Crippen LogP contribution is -2.33. The highest BCUT2D eigenvalue weighted by atomic mass is 79.9. The predicted molar refractivity (Wildman–Crippen MR) is 77.1 cm³/mol. The monoisotopic (exact) mass is 359 g/mol. The van der Waals surface area contributed by atoms with Gasteiger partial charge in [0.05, 0.1) is 12.0 Å². The number of fused-ring (bicyclic) bond motifs is 1. The molecule has 1 aliphatic heterocycles. The Morgan fingerprint density at radius 1 is 1.29 bits per heavy atom. The van der Waals surface area contributed by atoms with Crippen LogP contribution < -0.4 is 11.5 Å². The lowest BCUT2D eigenvalue weighted by Gasteiger charge is -2.17. The zero-order valence-electron chi connectivity index (χ0n) is 10.7. The molecule has 2 aromatic heterocycles. The number of rotatable bonds is 2. The van der Waals surface area contributed by atoms with Crippen molar-refractivity contribution >= 4 is 38.7 Å². The Labute approximate surface area is 127 Å². The minimum absolute atomic E-state index is 0.0152. The van der Waals surface area contributed by atoms with E-state index >= 15 is 0 Å². The standard InChI is InChI=1S/C11H14BrN5O4/c12-3-1-17(9-5(3)8(13)15-11(14)16-9)10-7(20)6(19)4(2-18)21-10/h1,4,6-7,10,18-20H,2H2,(H4,13,14,15,16)/t4-,6-,7-,10-/m0/s1. The van der Waals surface area contributed by atoms with Gasteiger partial charge in [0.2, 0.25) is 5.95 Å². The number of hydrogen-bond acceptors (Lipinski definition) is 8. The summed E-state index contributed by atoms with van der Waals surface area (Å²) in [5.41, 5.74) is 11.8. The van der Waals surface area contributed by atoms with Crippen molar-refractivity contribution in [2.24, 2.45) is 0 Å². The van der Waals surface area contributed by atoms with Gasteiger partial charge in [-0.2, -0.15) is 9.97 Å². The van der Waals surface area contributed by atoms with Gasteiger partial charge in [0.15, 0.2) is 11.9 Å². The molecule has 10 heteroatoms. The summed E-state index contributed by atoms with van der Waals surface area (Å²) in [6.07, 6.45) is -2.61. The second kappa shape index (κ2) is 5.07. The first-order valence-electron chi connectivity index (χ1n) is 6.15. The molecule has 114 valence electrons. The molecular weight excluding hydrogens is 346 g/mol. The van der Waals surface area contributed by atoms with Gasteiger partial charge in [0.25, 0.3) is 0 Å². The molecule has 0 radical (unpaired) electrons. The van der Waals surface area contributed by atoms with Gasteiger partial charge in [-0.1, -0.05) is 0 Å². The average molecular weight is 360 g/mol. The fraction of sp³-hybridized carbons (Fsp3) is 0.455. The van der Waals surface area contributed by atoms with Crippen molar-refractivity contribution in [3.8, 4) is 0 Å². The molecule has 2 aromatic rings. The summed E-state index contributed by atoms with van der Waals surface area (Å²) in [5, 5.41) is 29.6. The molecular formula is C11H14BrN5O4. The number of nitrogen functional groups attached to an aromatic ring is 2. The van der Waals surface area contributed by atoms with E-state index in [0.29, 0.717) is 15.5 Å². The van der Waals surface area contributed by atoms with Crippen LogP contribution in [-0.4, -0.2) is 54.8 Å². The maximum absolute atomic E-state index is 10.1. The third kappa shape index (κ3) is 2.15. The van der Waals surface area contributed by atoms with E-state index in [1.54, 1.807) is 6.20 Å². The summed E-state index contributed by atoms with van der Waals surface area (Å²) in [6, 6.07) is 0. The van der Waals surface area contributed by atoms with Crippen molar-refractivity contribution in [3.05, 3.63) is 10.7 Å². The van der Waals surface area contributed by atoms with Crippen molar-refractivity contribution in [1.82, 2.24) is 14.5 Å². The highest BCUT2D eigenvalue weighted by Gasteiger charge is 2.44. The van der Waals surface area contributed by atoms with Crippen LogP contribution in [0.15, 0.2) is 10.7 Å². The number of nitrogens with two attached hydrogens (primary N) is 2. The molecule has 1 fully saturated rings. The zero-order valence-corrected chi connectivity index (χ0v) is 12.3. The Kier molecular flexibility index (Phi) is 3.50. The van der Waals surface area contributed by atoms with E-state index in [-0.39, 0.29) is 11.8 Å². The number of aliphatic hydroxyl groups is 3. The molecule has 9 nitrogen and oxygen atoms in total. The third-order valence-corrected chi connectivity index (χ3v) is 4.06. The first-order chi connectivity index (χ1) is 9.93. The Morgan fingerprint density at radius 2 is 2.00 bits per heavy atom. The van der Waals surface area contributed by atoms with E-state index in [1.807, 2.05) is 0 Å². The van der Waals surface area contributed by atoms with Crippen LogP contribution in [0.4, 0.5) is 11.8 Å². The van der Waals surface area contributed by atoms with Crippen molar-refractivity contribution in [1.29, 1.82) is 0 Å². The molecule has 0 spiro atoms. The highest BCUT2D eigenvalue weighted by Crippen LogP contribution is 2.36. The Balaban J connectivity index is 2.13. The fourth-order valence-corrected chi connectivity index (χ4v) is 3.05. The van der Waals surface area contributed by atoms with Crippen molar-refractivity contribution in [2.45, 2.75) is 24.5 Å². The number of ether oxygens (including phenoxy) is 1. The third-order valence-electron chi connectivity index (χ3n) is 3.46. The predicted octanol–water partition coefficient (Wildman–Crippen LogP) is -1.03.